The Hall–Kier alpha value is -2.60. The molecular weight excluding hydrogens is 302 g/mol. The van der Waals surface area contributed by atoms with Crippen LogP contribution in [0.4, 0.5) is 0 Å². The standard InChI is InChI=1S/C18H21N5O/c1-14-7-9-19-12-15(14)5-4-10-23-13-16(21-22-23)11-18(24)17-6-2-3-8-20-17/h2-3,6-9,12-13,18,24H,4-5,10-11H2,1H3. The predicted octanol–water partition coefficient (Wildman–Crippen LogP) is 2.29. The largest absolute Gasteiger partial charge is 0.386 e. The van der Waals surface area contributed by atoms with Crippen LogP contribution in [0.3, 0.4) is 0 Å². The van der Waals surface area contributed by atoms with Gasteiger partial charge in [0, 0.05) is 37.8 Å². The van der Waals surface area contributed by atoms with Crippen molar-refractivity contribution < 1.29 is 5.11 Å². The molecule has 0 amide bonds. The molecule has 3 aromatic rings. The van der Waals surface area contributed by atoms with Crippen LogP contribution in [0, 0.1) is 6.92 Å². The number of aliphatic hydroxyl groups is 1. The molecule has 3 aromatic heterocycles. The minimum Gasteiger partial charge on any atom is -0.386 e. The van der Waals surface area contributed by atoms with Crippen molar-refractivity contribution in [3.63, 3.8) is 0 Å². The Labute approximate surface area is 141 Å². The van der Waals surface area contributed by atoms with Crippen molar-refractivity contribution in [2.75, 3.05) is 0 Å². The summed E-state index contributed by atoms with van der Waals surface area (Å²) >= 11 is 0. The first kappa shape index (κ1) is 16.3. The Morgan fingerprint density at radius 2 is 2.12 bits per heavy atom. The maximum absolute atomic E-state index is 10.2. The second kappa shape index (κ2) is 7.79. The first-order valence-electron chi connectivity index (χ1n) is 8.10. The SMILES string of the molecule is Cc1ccncc1CCCn1cc(CC(O)c2ccccn2)nn1. The van der Waals surface area contributed by atoms with Gasteiger partial charge < -0.3 is 5.11 Å². The quantitative estimate of drug-likeness (QED) is 0.722. The first-order chi connectivity index (χ1) is 11.7. The van der Waals surface area contributed by atoms with Crippen LogP contribution in [0.25, 0.3) is 0 Å². The predicted molar refractivity (Wildman–Crippen MR) is 90.2 cm³/mol. The fraction of sp³-hybridized carbons (Fsp3) is 0.333. The lowest BCUT2D eigenvalue weighted by atomic mass is 10.1. The molecule has 6 heteroatoms. The van der Waals surface area contributed by atoms with Gasteiger partial charge in [0.25, 0.3) is 0 Å². The van der Waals surface area contributed by atoms with Gasteiger partial charge in [-0.3, -0.25) is 14.6 Å². The Kier molecular flexibility index (Phi) is 5.28. The van der Waals surface area contributed by atoms with E-state index in [1.807, 2.05) is 47.5 Å². The molecule has 124 valence electrons. The molecule has 0 bridgehead atoms. The van der Waals surface area contributed by atoms with Crippen molar-refractivity contribution in [1.29, 1.82) is 0 Å². The van der Waals surface area contributed by atoms with Crippen LogP contribution < -0.4 is 0 Å². The van der Waals surface area contributed by atoms with E-state index in [0.717, 1.165) is 25.1 Å². The third kappa shape index (κ3) is 4.23. The summed E-state index contributed by atoms with van der Waals surface area (Å²) in [6.45, 7) is 2.89. The maximum Gasteiger partial charge on any atom is 0.102 e. The number of pyridine rings is 2. The summed E-state index contributed by atoms with van der Waals surface area (Å²) < 4.78 is 1.83. The molecule has 0 aliphatic carbocycles. The monoisotopic (exact) mass is 323 g/mol. The highest BCUT2D eigenvalue weighted by molar-refractivity contribution is 5.21. The second-order valence-electron chi connectivity index (χ2n) is 5.85. The lowest BCUT2D eigenvalue weighted by Gasteiger charge is -2.07. The molecule has 0 aromatic carbocycles. The number of rotatable bonds is 7. The third-order valence-electron chi connectivity index (χ3n) is 4.00. The molecule has 1 unspecified atom stereocenters. The van der Waals surface area contributed by atoms with Gasteiger partial charge >= 0.3 is 0 Å². The van der Waals surface area contributed by atoms with E-state index in [1.165, 1.54) is 11.1 Å². The van der Waals surface area contributed by atoms with Gasteiger partial charge in [-0.05, 0) is 49.1 Å². The van der Waals surface area contributed by atoms with Crippen molar-refractivity contribution in [2.45, 2.75) is 38.8 Å². The van der Waals surface area contributed by atoms with E-state index in [0.29, 0.717) is 12.1 Å². The summed E-state index contributed by atoms with van der Waals surface area (Å²) in [5.74, 6) is 0. The molecule has 0 fully saturated rings. The summed E-state index contributed by atoms with van der Waals surface area (Å²) in [4.78, 5) is 8.33. The zero-order valence-electron chi connectivity index (χ0n) is 13.7. The second-order valence-corrected chi connectivity index (χ2v) is 5.85. The van der Waals surface area contributed by atoms with Crippen LogP contribution in [0.5, 0.6) is 0 Å². The first-order valence-corrected chi connectivity index (χ1v) is 8.10. The summed E-state index contributed by atoms with van der Waals surface area (Å²) in [5.41, 5.74) is 3.95. The van der Waals surface area contributed by atoms with Gasteiger partial charge in [0.1, 0.15) is 6.10 Å². The van der Waals surface area contributed by atoms with Gasteiger partial charge in [0.2, 0.25) is 0 Å². The third-order valence-corrected chi connectivity index (χ3v) is 4.00. The summed E-state index contributed by atoms with van der Waals surface area (Å²) in [5, 5.41) is 18.5. The van der Waals surface area contributed by atoms with E-state index in [9.17, 15) is 5.11 Å². The molecule has 0 spiro atoms. The van der Waals surface area contributed by atoms with Gasteiger partial charge in [-0.15, -0.1) is 5.10 Å². The molecule has 0 saturated heterocycles. The highest BCUT2D eigenvalue weighted by atomic mass is 16.3. The van der Waals surface area contributed by atoms with Crippen molar-refractivity contribution in [1.82, 2.24) is 25.0 Å². The highest BCUT2D eigenvalue weighted by Gasteiger charge is 2.12. The van der Waals surface area contributed by atoms with Crippen molar-refractivity contribution in [3.8, 4) is 0 Å². The van der Waals surface area contributed by atoms with Gasteiger partial charge in [-0.1, -0.05) is 11.3 Å². The van der Waals surface area contributed by atoms with Crippen LogP contribution in [-0.4, -0.2) is 30.1 Å². The minimum atomic E-state index is -0.658. The maximum atomic E-state index is 10.2. The fourth-order valence-corrected chi connectivity index (χ4v) is 2.61. The van der Waals surface area contributed by atoms with Gasteiger partial charge in [-0.25, -0.2) is 0 Å². The van der Waals surface area contributed by atoms with Crippen molar-refractivity contribution >= 4 is 0 Å². The van der Waals surface area contributed by atoms with E-state index in [2.05, 4.69) is 27.2 Å². The fourth-order valence-electron chi connectivity index (χ4n) is 2.61. The molecule has 0 aliphatic heterocycles. The summed E-state index contributed by atoms with van der Waals surface area (Å²) in [6, 6.07) is 7.53. The van der Waals surface area contributed by atoms with E-state index >= 15 is 0 Å². The zero-order valence-corrected chi connectivity index (χ0v) is 13.7. The molecule has 6 nitrogen and oxygen atoms in total. The molecule has 0 radical (unpaired) electrons. The number of aromatic nitrogens is 5. The number of aliphatic hydroxyl groups excluding tert-OH is 1. The lowest BCUT2D eigenvalue weighted by Crippen LogP contribution is -2.04. The molecule has 1 atom stereocenters. The van der Waals surface area contributed by atoms with Crippen LogP contribution in [-0.2, 0) is 19.4 Å². The molecule has 3 rings (SSSR count). The smallest absolute Gasteiger partial charge is 0.102 e. The van der Waals surface area contributed by atoms with Crippen LogP contribution in [0.2, 0.25) is 0 Å². The normalized spacial score (nSPS) is 12.2. The highest BCUT2D eigenvalue weighted by Crippen LogP contribution is 2.14. The number of nitrogens with zero attached hydrogens (tertiary/aromatic N) is 5. The Morgan fingerprint density at radius 1 is 1.21 bits per heavy atom. The van der Waals surface area contributed by atoms with Crippen molar-refractivity contribution in [2.24, 2.45) is 0 Å². The average molecular weight is 323 g/mol. The van der Waals surface area contributed by atoms with Gasteiger partial charge in [-0.2, -0.15) is 0 Å². The number of hydrogen-bond donors (Lipinski definition) is 1. The Bertz CT molecular complexity index is 772. The van der Waals surface area contributed by atoms with E-state index in [4.69, 9.17) is 0 Å². The molecular formula is C18H21N5O. The van der Waals surface area contributed by atoms with E-state index in [-0.39, 0.29) is 0 Å². The average Bonchev–Trinajstić information content (AvgIpc) is 3.05. The summed E-state index contributed by atoms with van der Waals surface area (Å²) in [7, 11) is 0. The van der Waals surface area contributed by atoms with Gasteiger partial charge in [0.15, 0.2) is 0 Å². The lowest BCUT2D eigenvalue weighted by molar-refractivity contribution is 0.172. The number of hydrogen-bond acceptors (Lipinski definition) is 5. The molecule has 1 N–H and O–H groups in total. The minimum absolute atomic E-state index is 0.415. The molecule has 0 saturated carbocycles. The van der Waals surface area contributed by atoms with Crippen molar-refractivity contribution in [3.05, 3.63) is 71.6 Å². The van der Waals surface area contributed by atoms with Crippen LogP contribution in [0.1, 0.15) is 35.0 Å². The van der Waals surface area contributed by atoms with E-state index < -0.39 is 6.10 Å². The summed E-state index contributed by atoms with van der Waals surface area (Å²) in [6.07, 6.45) is 9.00. The van der Waals surface area contributed by atoms with Gasteiger partial charge in [0.05, 0.1) is 11.4 Å². The molecule has 0 aliphatic rings. The number of aryl methyl sites for hydroxylation is 3. The van der Waals surface area contributed by atoms with Crippen LogP contribution >= 0.6 is 0 Å². The Morgan fingerprint density at radius 3 is 2.92 bits per heavy atom. The zero-order chi connectivity index (χ0) is 16.8. The Balaban J connectivity index is 1.51. The molecule has 24 heavy (non-hydrogen) atoms. The molecule has 3 heterocycles. The topological polar surface area (TPSA) is 76.7 Å². The van der Waals surface area contributed by atoms with Crippen LogP contribution in [0.15, 0.2) is 49.1 Å². The van der Waals surface area contributed by atoms with E-state index in [1.54, 1.807) is 6.20 Å².